The van der Waals surface area contributed by atoms with Crippen molar-refractivity contribution in [1.29, 1.82) is 0 Å². The summed E-state index contributed by atoms with van der Waals surface area (Å²) >= 11 is 1.06. The molecule has 0 aliphatic heterocycles. The summed E-state index contributed by atoms with van der Waals surface area (Å²) in [4.78, 5) is 12.1. The van der Waals surface area contributed by atoms with Crippen LogP contribution in [0, 0.1) is 12.7 Å². The van der Waals surface area contributed by atoms with Gasteiger partial charge in [-0.1, -0.05) is 18.2 Å². The predicted molar refractivity (Wildman–Crippen MR) is 111 cm³/mol. The molecule has 2 heterocycles. The first kappa shape index (κ1) is 20.2. The molecule has 0 aliphatic rings. The molecule has 0 unspecified atom stereocenters. The van der Waals surface area contributed by atoms with Crippen LogP contribution in [0.25, 0.3) is 10.9 Å². The number of aliphatic carboxylic acids is 1. The lowest BCUT2D eigenvalue weighted by Gasteiger charge is -2.05. The predicted octanol–water partition coefficient (Wildman–Crippen LogP) is 4.05. The lowest BCUT2D eigenvalue weighted by Crippen LogP contribution is -2.10. The summed E-state index contributed by atoms with van der Waals surface area (Å²) in [5, 5.41) is 9.81. The van der Waals surface area contributed by atoms with Crippen molar-refractivity contribution in [2.75, 3.05) is 0 Å². The Labute approximate surface area is 176 Å². The van der Waals surface area contributed by atoms with Gasteiger partial charge in [-0.25, -0.2) is 12.8 Å². The third-order valence-corrected chi connectivity index (χ3v) is 7.48. The zero-order chi connectivity index (χ0) is 21.5. The number of sulfone groups is 1. The minimum atomic E-state index is -3.72. The minimum absolute atomic E-state index is 0.0354. The van der Waals surface area contributed by atoms with Gasteiger partial charge in [-0.05, 0) is 60.4 Å². The number of carboxylic acid groups (broad SMARTS) is 1. The van der Waals surface area contributed by atoms with Crippen molar-refractivity contribution in [3.05, 3.63) is 76.5 Å². The summed E-state index contributed by atoms with van der Waals surface area (Å²) in [6.07, 6.45) is 0.320. The van der Waals surface area contributed by atoms with E-state index < -0.39 is 21.6 Å². The Morgan fingerprint density at radius 1 is 1.17 bits per heavy atom. The molecular weight excluding hydrogens is 427 g/mol. The Morgan fingerprint density at radius 2 is 1.90 bits per heavy atom. The largest absolute Gasteiger partial charge is 0.480 e. The summed E-state index contributed by atoms with van der Waals surface area (Å²) in [5.74, 6) is -1.42. The zero-order valence-corrected chi connectivity index (χ0v) is 17.5. The van der Waals surface area contributed by atoms with Gasteiger partial charge in [-0.2, -0.15) is 4.37 Å². The summed E-state index contributed by atoms with van der Waals surface area (Å²) in [6.45, 7) is 1.53. The average Bonchev–Trinajstić information content (AvgIpc) is 3.28. The van der Waals surface area contributed by atoms with Gasteiger partial charge in [-0.3, -0.25) is 4.79 Å². The van der Waals surface area contributed by atoms with E-state index in [2.05, 4.69) is 4.37 Å². The summed E-state index contributed by atoms with van der Waals surface area (Å²) in [5.41, 5.74) is 2.06. The normalized spacial score (nSPS) is 11.8. The Kier molecular flexibility index (Phi) is 5.17. The van der Waals surface area contributed by atoms with Gasteiger partial charge in [0.15, 0.2) is 5.03 Å². The first-order chi connectivity index (χ1) is 14.3. The van der Waals surface area contributed by atoms with Crippen LogP contribution >= 0.6 is 11.5 Å². The number of halogens is 1. The maximum atomic E-state index is 13.9. The monoisotopic (exact) mass is 444 g/mol. The first-order valence-corrected chi connectivity index (χ1v) is 11.3. The van der Waals surface area contributed by atoms with E-state index in [9.17, 15) is 22.7 Å². The van der Waals surface area contributed by atoms with E-state index in [0.29, 0.717) is 27.9 Å². The molecule has 0 amide bonds. The number of benzene rings is 2. The highest BCUT2D eigenvalue weighted by Gasteiger charge is 2.22. The number of aromatic nitrogens is 2. The summed E-state index contributed by atoms with van der Waals surface area (Å²) < 4.78 is 45.2. The molecule has 0 bridgehead atoms. The Bertz CT molecular complexity index is 1360. The van der Waals surface area contributed by atoms with Crippen LogP contribution in [0.5, 0.6) is 0 Å². The maximum absolute atomic E-state index is 13.9. The molecule has 0 aliphatic carbocycles. The molecule has 30 heavy (non-hydrogen) atoms. The summed E-state index contributed by atoms with van der Waals surface area (Å²) in [7, 11) is -3.72. The molecule has 0 fully saturated rings. The van der Waals surface area contributed by atoms with Gasteiger partial charge >= 0.3 is 5.97 Å². The second-order valence-electron chi connectivity index (χ2n) is 6.83. The smallest absolute Gasteiger partial charge is 0.323 e. The van der Waals surface area contributed by atoms with Crippen LogP contribution in [0.15, 0.2) is 64.5 Å². The SMILES string of the molecule is Cc1c(Cc2cc(S(=O)(=O)c3ccccc3)ns2)c2cc(F)ccc2n1CC(=O)O. The molecule has 2 aromatic carbocycles. The zero-order valence-electron chi connectivity index (χ0n) is 15.9. The molecule has 4 aromatic rings. The van der Waals surface area contributed by atoms with Crippen LogP contribution in [-0.4, -0.2) is 28.4 Å². The fraction of sp³-hybridized carbons (Fsp3) is 0.143. The molecule has 6 nitrogen and oxygen atoms in total. The number of rotatable bonds is 6. The minimum Gasteiger partial charge on any atom is -0.480 e. The average molecular weight is 445 g/mol. The highest BCUT2D eigenvalue weighted by Crippen LogP contribution is 2.31. The number of carboxylic acids is 1. The molecule has 0 atom stereocenters. The van der Waals surface area contributed by atoms with E-state index in [0.717, 1.165) is 17.1 Å². The van der Waals surface area contributed by atoms with E-state index >= 15 is 0 Å². The number of nitrogens with zero attached hydrogens (tertiary/aromatic N) is 2. The fourth-order valence-corrected chi connectivity index (χ4v) is 5.75. The molecule has 4 rings (SSSR count). The van der Waals surface area contributed by atoms with Crippen LogP contribution in [-0.2, 0) is 27.6 Å². The topological polar surface area (TPSA) is 89.3 Å². The van der Waals surface area contributed by atoms with E-state index in [4.69, 9.17) is 0 Å². The van der Waals surface area contributed by atoms with Crippen molar-refractivity contribution in [1.82, 2.24) is 8.94 Å². The Hall–Kier alpha value is -3.04. The van der Waals surface area contributed by atoms with Crippen molar-refractivity contribution in [2.24, 2.45) is 0 Å². The standard InChI is InChI=1S/C21H17FN2O4S2/c1-13-17(18-9-14(22)7-8-19(18)24(13)12-21(25)26)10-15-11-20(23-29-15)30(27,28)16-5-3-2-4-6-16/h2-9,11H,10,12H2,1H3,(H,25,26). The van der Waals surface area contributed by atoms with Crippen LogP contribution < -0.4 is 0 Å². The van der Waals surface area contributed by atoms with Crippen molar-refractivity contribution < 1.29 is 22.7 Å². The van der Waals surface area contributed by atoms with Crippen molar-refractivity contribution in [3.63, 3.8) is 0 Å². The van der Waals surface area contributed by atoms with Crippen molar-refractivity contribution in [2.45, 2.75) is 29.8 Å². The molecule has 2 aromatic heterocycles. The lowest BCUT2D eigenvalue weighted by atomic mass is 10.1. The highest BCUT2D eigenvalue weighted by atomic mass is 32.2. The molecule has 1 N–H and O–H groups in total. The maximum Gasteiger partial charge on any atom is 0.323 e. The first-order valence-electron chi connectivity index (χ1n) is 9.02. The number of carbonyl (C=O) groups is 1. The summed E-state index contributed by atoms with van der Waals surface area (Å²) in [6, 6.07) is 13.8. The quantitative estimate of drug-likeness (QED) is 0.485. The van der Waals surface area contributed by atoms with Crippen molar-refractivity contribution in [3.8, 4) is 0 Å². The third kappa shape index (κ3) is 3.61. The van der Waals surface area contributed by atoms with E-state index in [-0.39, 0.29) is 16.5 Å². The van der Waals surface area contributed by atoms with Crippen LogP contribution in [0.1, 0.15) is 16.1 Å². The van der Waals surface area contributed by atoms with E-state index in [1.165, 1.54) is 30.3 Å². The molecule has 9 heteroatoms. The van der Waals surface area contributed by atoms with Gasteiger partial charge in [0.2, 0.25) is 9.84 Å². The van der Waals surface area contributed by atoms with E-state index in [1.54, 1.807) is 35.8 Å². The van der Waals surface area contributed by atoms with Gasteiger partial charge < -0.3 is 9.67 Å². The van der Waals surface area contributed by atoms with Crippen LogP contribution in [0.4, 0.5) is 4.39 Å². The molecule has 0 spiro atoms. The Morgan fingerprint density at radius 3 is 2.60 bits per heavy atom. The molecule has 154 valence electrons. The molecular formula is C21H17FN2O4S2. The number of hydrogen-bond donors (Lipinski definition) is 1. The number of fused-ring (bicyclic) bond motifs is 1. The highest BCUT2D eigenvalue weighted by molar-refractivity contribution is 7.91. The Balaban J connectivity index is 1.75. The second-order valence-corrected chi connectivity index (χ2v) is 9.62. The molecule has 0 radical (unpaired) electrons. The van der Waals surface area contributed by atoms with Gasteiger partial charge in [0.05, 0.1) is 4.90 Å². The second kappa shape index (κ2) is 7.66. The lowest BCUT2D eigenvalue weighted by molar-refractivity contribution is -0.137. The van der Waals surface area contributed by atoms with E-state index in [1.807, 2.05) is 0 Å². The van der Waals surface area contributed by atoms with Crippen LogP contribution in [0.2, 0.25) is 0 Å². The van der Waals surface area contributed by atoms with Crippen LogP contribution in [0.3, 0.4) is 0 Å². The van der Waals surface area contributed by atoms with Crippen molar-refractivity contribution >= 4 is 38.2 Å². The molecule has 0 saturated heterocycles. The van der Waals surface area contributed by atoms with Gasteiger partial charge in [0.25, 0.3) is 0 Å². The molecule has 0 saturated carbocycles. The van der Waals surface area contributed by atoms with Gasteiger partial charge in [0, 0.05) is 27.9 Å². The van der Waals surface area contributed by atoms with Gasteiger partial charge in [0.1, 0.15) is 12.4 Å². The third-order valence-electron chi connectivity index (χ3n) is 4.93. The fourth-order valence-electron chi connectivity index (χ4n) is 3.48. The van der Waals surface area contributed by atoms with Gasteiger partial charge in [-0.15, -0.1) is 0 Å². The number of hydrogen-bond acceptors (Lipinski definition) is 5.